The molecule has 6 heteroatoms. The molecule has 0 bridgehead atoms. The molecule has 0 atom stereocenters. The van der Waals surface area contributed by atoms with Gasteiger partial charge in [0.15, 0.2) is 9.84 Å². The van der Waals surface area contributed by atoms with Crippen molar-refractivity contribution in [2.45, 2.75) is 24.8 Å². The summed E-state index contributed by atoms with van der Waals surface area (Å²) < 4.78 is 26.1. The second-order valence-electron chi connectivity index (χ2n) is 8.24. The Bertz CT molecular complexity index is 1360. The predicted octanol–water partition coefficient (Wildman–Crippen LogP) is 5.06. The van der Waals surface area contributed by atoms with Gasteiger partial charge in [-0.3, -0.25) is 0 Å². The number of likely N-dealkylation sites (N-methyl/N-ethyl adjacent to an activating group) is 1. The predicted molar refractivity (Wildman–Crippen MR) is 124 cm³/mol. The van der Waals surface area contributed by atoms with Crippen molar-refractivity contribution in [3.05, 3.63) is 70.0 Å². The van der Waals surface area contributed by atoms with Crippen LogP contribution in [0.2, 0.25) is 0 Å². The van der Waals surface area contributed by atoms with Crippen molar-refractivity contribution in [2.24, 2.45) is 0 Å². The second kappa shape index (κ2) is 7.08. The normalized spacial score (nSPS) is 14.9. The van der Waals surface area contributed by atoms with Crippen molar-refractivity contribution >= 4 is 32.1 Å². The zero-order valence-electron chi connectivity index (χ0n) is 17.3. The molecule has 4 nitrogen and oxygen atoms in total. The summed E-state index contributed by atoms with van der Waals surface area (Å²) in [4.78, 5) is 2.73. The number of benzene rings is 2. The smallest absolute Gasteiger partial charge is 0.175 e. The molecule has 4 aromatic rings. The summed E-state index contributed by atoms with van der Waals surface area (Å²) in [5, 5.41) is 5.70. The van der Waals surface area contributed by atoms with E-state index in [4.69, 9.17) is 0 Å². The Kier molecular flexibility index (Phi) is 4.61. The summed E-state index contributed by atoms with van der Waals surface area (Å²) in [6.07, 6.45) is 2.26. The van der Waals surface area contributed by atoms with Gasteiger partial charge >= 0.3 is 0 Å². The van der Waals surface area contributed by atoms with E-state index in [2.05, 4.69) is 52.4 Å². The molecular formula is C24H24N2O2S2. The maximum Gasteiger partial charge on any atom is 0.175 e. The van der Waals surface area contributed by atoms with E-state index < -0.39 is 9.84 Å². The van der Waals surface area contributed by atoms with Crippen LogP contribution in [0.5, 0.6) is 0 Å². The van der Waals surface area contributed by atoms with Gasteiger partial charge in [-0.1, -0.05) is 23.8 Å². The highest BCUT2D eigenvalue weighted by Gasteiger charge is 2.24. The molecule has 0 unspecified atom stereocenters. The van der Waals surface area contributed by atoms with Crippen LogP contribution in [0.15, 0.2) is 58.1 Å². The number of hydrogen-bond donors (Lipinski definition) is 0. The van der Waals surface area contributed by atoms with Crippen molar-refractivity contribution in [2.75, 3.05) is 19.8 Å². The first kappa shape index (κ1) is 19.5. The summed E-state index contributed by atoms with van der Waals surface area (Å²) in [5.74, 6) is 0. The molecule has 0 aliphatic carbocycles. The third-order valence-electron chi connectivity index (χ3n) is 5.97. The molecule has 0 spiro atoms. The van der Waals surface area contributed by atoms with E-state index in [0.717, 1.165) is 30.6 Å². The highest BCUT2D eigenvalue weighted by molar-refractivity contribution is 7.90. The van der Waals surface area contributed by atoms with Crippen LogP contribution in [0.25, 0.3) is 27.7 Å². The van der Waals surface area contributed by atoms with Crippen molar-refractivity contribution < 1.29 is 8.42 Å². The Morgan fingerprint density at radius 2 is 1.80 bits per heavy atom. The monoisotopic (exact) mass is 436 g/mol. The summed E-state index contributed by atoms with van der Waals surface area (Å²) in [6.45, 7) is 4.16. The van der Waals surface area contributed by atoms with E-state index in [1.165, 1.54) is 39.7 Å². The van der Waals surface area contributed by atoms with Gasteiger partial charge in [0.05, 0.1) is 16.1 Å². The van der Waals surface area contributed by atoms with Gasteiger partial charge in [-0.25, -0.2) is 8.42 Å². The van der Waals surface area contributed by atoms with Crippen LogP contribution in [0.3, 0.4) is 0 Å². The molecule has 0 fully saturated rings. The number of fused-ring (bicyclic) bond motifs is 3. The largest absolute Gasteiger partial charge is 0.312 e. The van der Waals surface area contributed by atoms with Crippen LogP contribution in [0.1, 0.15) is 16.8 Å². The number of hydrogen-bond acceptors (Lipinski definition) is 4. The van der Waals surface area contributed by atoms with Gasteiger partial charge < -0.3 is 9.47 Å². The van der Waals surface area contributed by atoms with Gasteiger partial charge in [-0.15, -0.1) is 11.3 Å². The lowest BCUT2D eigenvalue weighted by Gasteiger charge is -2.24. The summed E-state index contributed by atoms with van der Waals surface area (Å²) >= 11 is 1.68. The summed E-state index contributed by atoms with van der Waals surface area (Å²) in [6, 6.07) is 14.0. The first-order valence-electron chi connectivity index (χ1n) is 10.0. The molecule has 1 aliphatic rings. The Hall–Kier alpha value is -2.41. The van der Waals surface area contributed by atoms with Crippen molar-refractivity contribution in [1.82, 2.24) is 9.47 Å². The van der Waals surface area contributed by atoms with Gasteiger partial charge in [-0.2, -0.15) is 0 Å². The number of thiophene rings is 1. The second-order valence-corrected chi connectivity index (χ2v) is 11.0. The van der Waals surface area contributed by atoms with Gasteiger partial charge in [0.1, 0.15) is 0 Å². The number of aryl methyl sites for hydroxylation is 1. The fourth-order valence-electron chi connectivity index (χ4n) is 4.44. The molecule has 2 aromatic carbocycles. The minimum Gasteiger partial charge on any atom is -0.312 e. The molecule has 0 radical (unpaired) electrons. The fraction of sp³-hybridized carbons (Fsp3) is 0.250. The first-order chi connectivity index (χ1) is 14.3. The SMILES string of the molecule is Cc1ccc2c(c1)c1c(n2-c2cscc2-c2ccc(S(C)(=O)=O)cc2)CCN(C)C1. The molecule has 2 aromatic heterocycles. The Balaban J connectivity index is 1.71. The van der Waals surface area contributed by atoms with Crippen molar-refractivity contribution in [3.63, 3.8) is 0 Å². The molecule has 30 heavy (non-hydrogen) atoms. The Morgan fingerprint density at radius 1 is 1.03 bits per heavy atom. The zero-order chi connectivity index (χ0) is 21.0. The van der Waals surface area contributed by atoms with E-state index >= 15 is 0 Å². The Morgan fingerprint density at radius 3 is 2.53 bits per heavy atom. The molecule has 0 amide bonds. The van der Waals surface area contributed by atoms with Gasteiger partial charge in [-0.05, 0) is 49.4 Å². The highest BCUT2D eigenvalue weighted by atomic mass is 32.2. The topological polar surface area (TPSA) is 42.3 Å². The number of rotatable bonds is 3. The number of nitrogens with zero attached hydrogens (tertiary/aromatic N) is 2. The molecule has 3 heterocycles. The third kappa shape index (κ3) is 3.20. The lowest BCUT2D eigenvalue weighted by Crippen LogP contribution is -2.27. The lowest BCUT2D eigenvalue weighted by molar-refractivity contribution is 0.311. The van der Waals surface area contributed by atoms with Gasteiger partial charge in [0, 0.05) is 53.2 Å². The molecule has 1 aliphatic heterocycles. The van der Waals surface area contributed by atoms with Gasteiger partial charge in [0.2, 0.25) is 0 Å². The maximum absolute atomic E-state index is 11.8. The average Bonchev–Trinajstić information content (AvgIpc) is 3.29. The summed E-state index contributed by atoms with van der Waals surface area (Å²) in [5.41, 5.74) is 8.68. The van der Waals surface area contributed by atoms with Crippen LogP contribution in [0, 0.1) is 6.92 Å². The van der Waals surface area contributed by atoms with E-state index in [1.54, 1.807) is 23.5 Å². The molecule has 0 saturated heterocycles. The van der Waals surface area contributed by atoms with Crippen molar-refractivity contribution in [3.8, 4) is 16.8 Å². The van der Waals surface area contributed by atoms with Gasteiger partial charge in [0.25, 0.3) is 0 Å². The van der Waals surface area contributed by atoms with E-state index in [0.29, 0.717) is 4.90 Å². The molecule has 0 saturated carbocycles. The lowest BCUT2D eigenvalue weighted by atomic mass is 10.0. The average molecular weight is 437 g/mol. The highest BCUT2D eigenvalue weighted by Crippen LogP contribution is 2.38. The quantitative estimate of drug-likeness (QED) is 0.451. The van der Waals surface area contributed by atoms with Crippen LogP contribution >= 0.6 is 11.3 Å². The van der Waals surface area contributed by atoms with E-state index in [-0.39, 0.29) is 0 Å². The molecule has 154 valence electrons. The maximum atomic E-state index is 11.8. The zero-order valence-corrected chi connectivity index (χ0v) is 19.0. The van der Waals surface area contributed by atoms with E-state index in [9.17, 15) is 8.42 Å². The Labute approximate surface area is 181 Å². The van der Waals surface area contributed by atoms with E-state index in [1.807, 2.05) is 12.1 Å². The van der Waals surface area contributed by atoms with Crippen LogP contribution in [0.4, 0.5) is 0 Å². The van der Waals surface area contributed by atoms with Crippen LogP contribution < -0.4 is 0 Å². The molecular weight excluding hydrogens is 412 g/mol. The standard InChI is InChI=1S/C24H24N2O2S2/c1-16-4-9-22-19(12-16)20-13-25(2)11-10-23(20)26(22)24-15-29-14-21(24)17-5-7-18(8-6-17)30(3,27)28/h4-9,12,14-15H,10-11,13H2,1-3H3. The first-order valence-corrected chi connectivity index (χ1v) is 12.8. The minimum absolute atomic E-state index is 0.352. The molecule has 5 rings (SSSR count). The minimum atomic E-state index is -3.20. The summed E-state index contributed by atoms with van der Waals surface area (Å²) in [7, 11) is -1.02. The van der Waals surface area contributed by atoms with Crippen molar-refractivity contribution in [1.29, 1.82) is 0 Å². The fourth-order valence-corrected chi connectivity index (χ4v) is 5.90. The molecule has 0 N–H and O–H groups in total. The van der Waals surface area contributed by atoms with Crippen LogP contribution in [-0.4, -0.2) is 37.7 Å². The number of sulfone groups is 1. The number of aromatic nitrogens is 1. The van der Waals surface area contributed by atoms with Crippen LogP contribution in [-0.2, 0) is 22.8 Å². The third-order valence-corrected chi connectivity index (χ3v) is 7.83.